The number of primary amides is 1. The van der Waals surface area contributed by atoms with Crippen molar-refractivity contribution in [3.8, 4) is 0 Å². The van der Waals surface area contributed by atoms with Crippen LogP contribution >= 0.6 is 0 Å². The number of nitrogens with two attached hydrogens (primary N) is 1. The highest BCUT2D eigenvalue weighted by Gasteiger charge is 2.40. The molecule has 1 unspecified atom stereocenters. The third-order valence-electron chi connectivity index (χ3n) is 4.22. The monoisotopic (exact) mass is 352 g/mol. The van der Waals surface area contributed by atoms with Gasteiger partial charge in [0.05, 0.1) is 0 Å². The van der Waals surface area contributed by atoms with Crippen molar-refractivity contribution in [2.24, 2.45) is 11.7 Å². The number of hydrogen-bond acceptors (Lipinski definition) is 3. The number of aromatic amines is 1. The molecule has 2 amide bonds. The van der Waals surface area contributed by atoms with E-state index in [2.05, 4.69) is 15.5 Å². The number of anilines is 1. The third-order valence-corrected chi connectivity index (χ3v) is 4.22. The van der Waals surface area contributed by atoms with Crippen molar-refractivity contribution in [1.82, 2.24) is 10.2 Å². The molecule has 2 aromatic rings. The van der Waals surface area contributed by atoms with E-state index >= 15 is 0 Å². The molecule has 1 aliphatic carbocycles. The number of benzene rings is 1. The Bertz CT molecular complexity index is 812. The van der Waals surface area contributed by atoms with Gasteiger partial charge in [0.1, 0.15) is 0 Å². The first kappa shape index (κ1) is 17.0. The van der Waals surface area contributed by atoms with Crippen LogP contribution in [0.1, 0.15) is 33.7 Å². The lowest BCUT2D eigenvalue weighted by molar-refractivity contribution is -0.142. The van der Waals surface area contributed by atoms with E-state index in [0.717, 1.165) is 0 Å². The Labute approximate surface area is 140 Å². The van der Waals surface area contributed by atoms with Crippen LogP contribution in [-0.4, -0.2) is 22.0 Å². The number of aryl methyl sites for hydroxylation is 1. The van der Waals surface area contributed by atoms with Crippen molar-refractivity contribution in [3.05, 3.63) is 46.8 Å². The summed E-state index contributed by atoms with van der Waals surface area (Å²) in [4.78, 5) is 23.4. The molecule has 1 aliphatic rings. The van der Waals surface area contributed by atoms with Crippen molar-refractivity contribution in [1.29, 1.82) is 0 Å². The predicted octanol–water partition coefficient (Wildman–Crippen LogP) is 2.27. The van der Waals surface area contributed by atoms with Crippen molar-refractivity contribution < 1.29 is 22.8 Å². The molecule has 1 aromatic carbocycles. The molecule has 6 nitrogen and oxygen atoms in total. The number of aromatic nitrogens is 2. The van der Waals surface area contributed by atoms with E-state index in [1.165, 1.54) is 24.3 Å². The van der Waals surface area contributed by atoms with Gasteiger partial charge in [0.25, 0.3) is 0 Å². The number of rotatable bonds is 3. The largest absolute Gasteiger partial charge is 0.435 e. The smallest absolute Gasteiger partial charge is 0.366 e. The molecule has 0 fully saturated rings. The van der Waals surface area contributed by atoms with E-state index in [-0.39, 0.29) is 17.9 Å². The summed E-state index contributed by atoms with van der Waals surface area (Å²) in [5.74, 6) is -1.54. The van der Waals surface area contributed by atoms with E-state index in [1.54, 1.807) is 0 Å². The molecule has 3 rings (SSSR count). The maximum absolute atomic E-state index is 13.0. The predicted molar refractivity (Wildman–Crippen MR) is 82.7 cm³/mol. The van der Waals surface area contributed by atoms with Gasteiger partial charge in [0.2, 0.25) is 11.8 Å². The van der Waals surface area contributed by atoms with Gasteiger partial charge in [-0.3, -0.25) is 14.7 Å². The van der Waals surface area contributed by atoms with Crippen LogP contribution in [0.25, 0.3) is 0 Å². The summed E-state index contributed by atoms with van der Waals surface area (Å²) in [6.45, 7) is 0. The highest BCUT2D eigenvalue weighted by atomic mass is 19.4. The molecular formula is C16H15F3N4O2. The fraction of sp³-hybridized carbons (Fsp3) is 0.312. The normalized spacial score (nSPS) is 17.0. The number of carbonyl (C=O) groups excluding carboxylic acids is 2. The SMILES string of the molecule is NC(=O)c1ccc(NC(=O)C2CCc3[nH]nc(C(F)(F)F)c3C2)cc1. The molecule has 0 radical (unpaired) electrons. The molecule has 132 valence electrons. The maximum atomic E-state index is 13.0. The van der Waals surface area contributed by atoms with Gasteiger partial charge in [-0.1, -0.05) is 0 Å². The maximum Gasteiger partial charge on any atom is 0.435 e. The summed E-state index contributed by atoms with van der Waals surface area (Å²) >= 11 is 0. The van der Waals surface area contributed by atoms with Crippen LogP contribution in [0.15, 0.2) is 24.3 Å². The Hall–Kier alpha value is -2.84. The van der Waals surface area contributed by atoms with E-state index in [1.807, 2.05) is 0 Å². The van der Waals surface area contributed by atoms with Gasteiger partial charge < -0.3 is 11.1 Å². The summed E-state index contributed by atoms with van der Waals surface area (Å²) in [6, 6.07) is 5.97. The van der Waals surface area contributed by atoms with Gasteiger partial charge in [-0.2, -0.15) is 18.3 Å². The van der Waals surface area contributed by atoms with Crippen LogP contribution in [0.2, 0.25) is 0 Å². The molecule has 0 aliphatic heterocycles. The second kappa shape index (κ2) is 6.23. The second-order valence-corrected chi connectivity index (χ2v) is 5.90. The molecule has 0 saturated carbocycles. The first-order valence-electron chi connectivity index (χ1n) is 7.59. The number of carbonyl (C=O) groups is 2. The molecule has 0 bridgehead atoms. The average Bonchev–Trinajstić information content (AvgIpc) is 2.98. The Morgan fingerprint density at radius 2 is 1.92 bits per heavy atom. The molecule has 25 heavy (non-hydrogen) atoms. The summed E-state index contributed by atoms with van der Waals surface area (Å²) in [6.07, 6.45) is -3.81. The van der Waals surface area contributed by atoms with Crippen LogP contribution < -0.4 is 11.1 Å². The molecule has 0 saturated heterocycles. The first-order chi connectivity index (χ1) is 11.8. The van der Waals surface area contributed by atoms with Crippen LogP contribution in [-0.2, 0) is 23.8 Å². The molecule has 0 spiro atoms. The molecular weight excluding hydrogens is 337 g/mol. The number of H-pyrrole nitrogens is 1. The quantitative estimate of drug-likeness (QED) is 0.790. The van der Waals surface area contributed by atoms with Gasteiger partial charge >= 0.3 is 6.18 Å². The molecule has 1 heterocycles. The number of fused-ring (bicyclic) bond motifs is 1. The Balaban J connectivity index is 1.72. The molecule has 1 aromatic heterocycles. The van der Waals surface area contributed by atoms with Gasteiger partial charge in [-0.15, -0.1) is 0 Å². The molecule has 4 N–H and O–H groups in total. The number of amides is 2. The van der Waals surface area contributed by atoms with Gasteiger partial charge in [0, 0.05) is 28.4 Å². The van der Waals surface area contributed by atoms with E-state index < -0.39 is 23.7 Å². The minimum absolute atomic E-state index is 0.0219. The second-order valence-electron chi connectivity index (χ2n) is 5.90. The fourth-order valence-corrected chi connectivity index (χ4v) is 2.92. The topological polar surface area (TPSA) is 101 Å². The Morgan fingerprint density at radius 3 is 2.52 bits per heavy atom. The highest BCUT2D eigenvalue weighted by Crippen LogP contribution is 2.36. The van der Waals surface area contributed by atoms with Crippen LogP contribution in [0, 0.1) is 5.92 Å². The summed E-state index contributed by atoms with van der Waals surface area (Å²) in [5, 5.41) is 8.42. The zero-order chi connectivity index (χ0) is 18.2. The standard InChI is InChI=1S/C16H15F3N4O2/c17-16(18,19)13-11-7-9(3-6-12(11)22-23-13)15(25)21-10-4-1-8(2-5-10)14(20)24/h1-2,4-5,9H,3,6-7H2,(H2,20,24)(H,21,25)(H,22,23). The summed E-state index contributed by atoms with van der Waals surface area (Å²) in [7, 11) is 0. The van der Waals surface area contributed by atoms with E-state index in [0.29, 0.717) is 29.8 Å². The van der Waals surface area contributed by atoms with E-state index in [9.17, 15) is 22.8 Å². The zero-order valence-electron chi connectivity index (χ0n) is 13.0. The number of nitrogens with zero attached hydrogens (tertiary/aromatic N) is 1. The van der Waals surface area contributed by atoms with Crippen LogP contribution in [0.3, 0.4) is 0 Å². The highest BCUT2D eigenvalue weighted by molar-refractivity contribution is 5.95. The zero-order valence-corrected chi connectivity index (χ0v) is 13.0. The minimum Gasteiger partial charge on any atom is -0.366 e. The Kier molecular flexibility index (Phi) is 4.23. The van der Waals surface area contributed by atoms with Crippen LogP contribution in [0.5, 0.6) is 0 Å². The third kappa shape index (κ3) is 3.49. The number of halogens is 3. The van der Waals surface area contributed by atoms with Crippen molar-refractivity contribution in [2.75, 3.05) is 5.32 Å². The molecule has 1 atom stereocenters. The lowest BCUT2D eigenvalue weighted by Gasteiger charge is -2.22. The summed E-state index contributed by atoms with van der Waals surface area (Å²) in [5.41, 5.74) is 5.42. The van der Waals surface area contributed by atoms with Crippen molar-refractivity contribution in [3.63, 3.8) is 0 Å². The van der Waals surface area contributed by atoms with Gasteiger partial charge in [0.15, 0.2) is 5.69 Å². The molecule has 9 heteroatoms. The van der Waals surface area contributed by atoms with E-state index in [4.69, 9.17) is 5.73 Å². The van der Waals surface area contributed by atoms with Gasteiger partial charge in [-0.05, 0) is 43.5 Å². The summed E-state index contributed by atoms with van der Waals surface area (Å²) < 4.78 is 38.9. The van der Waals surface area contributed by atoms with Crippen LogP contribution in [0.4, 0.5) is 18.9 Å². The minimum atomic E-state index is -4.55. The lowest BCUT2D eigenvalue weighted by atomic mass is 9.85. The van der Waals surface area contributed by atoms with Gasteiger partial charge in [-0.25, -0.2) is 0 Å². The average molecular weight is 352 g/mol. The first-order valence-corrected chi connectivity index (χ1v) is 7.59. The number of alkyl halides is 3. The number of hydrogen-bond donors (Lipinski definition) is 3. The fourth-order valence-electron chi connectivity index (χ4n) is 2.92. The number of nitrogens with one attached hydrogen (secondary N) is 2. The Morgan fingerprint density at radius 1 is 1.24 bits per heavy atom. The lowest BCUT2D eigenvalue weighted by Crippen LogP contribution is -2.29. The van der Waals surface area contributed by atoms with Crippen molar-refractivity contribution >= 4 is 17.5 Å². The van der Waals surface area contributed by atoms with Crippen molar-refractivity contribution in [2.45, 2.75) is 25.4 Å².